The van der Waals surface area contributed by atoms with Crippen molar-refractivity contribution in [3.63, 3.8) is 0 Å². The Kier molecular flexibility index (Phi) is 4.30. The highest BCUT2D eigenvalue weighted by atomic mass is 79.9. The molecule has 1 heterocycles. The lowest BCUT2D eigenvalue weighted by atomic mass is 9.77. The Morgan fingerprint density at radius 1 is 1.47 bits per heavy atom. The third-order valence-corrected chi connectivity index (χ3v) is 5.37. The fourth-order valence-corrected chi connectivity index (χ4v) is 3.68. The summed E-state index contributed by atoms with van der Waals surface area (Å²) in [6, 6.07) is 1.71. The van der Waals surface area contributed by atoms with E-state index in [1.807, 2.05) is 5.38 Å². The molecule has 1 aliphatic carbocycles. The van der Waals surface area contributed by atoms with Crippen molar-refractivity contribution in [1.82, 2.24) is 5.32 Å². The van der Waals surface area contributed by atoms with Crippen molar-refractivity contribution in [2.24, 2.45) is 5.92 Å². The Hall–Kier alpha value is -0.880. The molecule has 0 aromatic carbocycles. The highest BCUT2D eigenvalue weighted by Gasteiger charge is 2.42. The molecule has 1 aromatic heterocycles. The summed E-state index contributed by atoms with van der Waals surface area (Å²) in [5.74, 6) is -0.698. The quantitative estimate of drug-likeness (QED) is 0.883. The summed E-state index contributed by atoms with van der Waals surface area (Å²) in [7, 11) is 0. The molecule has 2 rings (SSSR count). The van der Waals surface area contributed by atoms with Gasteiger partial charge in [0, 0.05) is 9.85 Å². The second kappa shape index (κ2) is 5.63. The Morgan fingerprint density at radius 3 is 2.58 bits per heavy atom. The minimum absolute atomic E-state index is 0.298. The van der Waals surface area contributed by atoms with Gasteiger partial charge in [-0.05, 0) is 53.6 Å². The predicted octanol–water partition coefficient (Wildman–Crippen LogP) is 3.27. The van der Waals surface area contributed by atoms with Crippen LogP contribution in [0.1, 0.15) is 42.3 Å². The molecular formula is C13H16BrNO3S. The van der Waals surface area contributed by atoms with Gasteiger partial charge in [0.05, 0.1) is 4.88 Å². The number of halogens is 1. The van der Waals surface area contributed by atoms with Gasteiger partial charge in [-0.3, -0.25) is 4.79 Å². The molecule has 0 bridgehead atoms. The largest absolute Gasteiger partial charge is 0.480 e. The molecule has 0 spiro atoms. The number of rotatable bonds is 3. The second-order valence-corrected chi connectivity index (χ2v) is 6.98. The molecule has 6 heteroatoms. The zero-order valence-electron chi connectivity index (χ0n) is 10.6. The topological polar surface area (TPSA) is 66.4 Å². The highest BCUT2D eigenvalue weighted by molar-refractivity contribution is 9.10. The third kappa shape index (κ3) is 3.17. The average Bonchev–Trinajstić information content (AvgIpc) is 2.79. The first-order chi connectivity index (χ1) is 8.93. The van der Waals surface area contributed by atoms with E-state index in [1.165, 1.54) is 11.3 Å². The molecule has 1 aromatic rings. The van der Waals surface area contributed by atoms with Gasteiger partial charge in [-0.1, -0.05) is 6.92 Å². The molecule has 0 aliphatic heterocycles. The first-order valence-corrected chi connectivity index (χ1v) is 7.90. The van der Waals surface area contributed by atoms with Gasteiger partial charge in [0.15, 0.2) is 0 Å². The fraction of sp³-hybridized carbons (Fsp3) is 0.538. The van der Waals surface area contributed by atoms with Gasteiger partial charge in [-0.15, -0.1) is 11.3 Å². The molecule has 0 radical (unpaired) electrons. The van der Waals surface area contributed by atoms with Gasteiger partial charge >= 0.3 is 5.97 Å². The first-order valence-electron chi connectivity index (χ1n) is 6.23. The zero-order valence-corrected chi connectivity index (χ0v) is 13.0. The van der Waals surface area contributed by atoms with E-state index in [9.17, 15) is 14.7 Å². The van der Waals surface area contributed by atoms with Crippen molar-refractivity contribution >= 4 is 39.1 Å². The van der Waals surface area contributed by atoms with Gasteiger partial charge in [0.25, 0.3) is 5.91 Å². The van der Waals surface area contributed by atoms with Crippen molar-refractivity contribution in [3.05, 3.63) is 20.8 Å². The van der Waals surface area contributed by atoms with Crippen molar-refractivity contribution in [2.75, 3.05) is 0 Å². The van der Waals surface area contributed by atoms with Crippen LogP contribution in [-0.2, 0) is 4.79 Å². The molecular weight excluding hydrogens is 330 g/mol. The van der Waals surface area contributed by atoms with Crippen molar-refractivity contribution in [2.45, 2.75) is 38.1 Å². The van der Waals surface area contributed by atoms with Crippen LogP contribution in [0, 0.1) is 5.92 Å². The number of thiophene rings is 1. The monoisotopic (exact) mass is 345 g/mol. The summed E-state index contributed by atoms with van der Waals surface area (Å²) in [4.78, 5) is 24.2. The third-order valence-electron chi connectivity index (χ3n) is 3.68. The Morgan fingerprint density at radius 2 is 2.11 bits per heavy atom. The van der Waals surface area contributed by atoms with E-state index in [1.54, 1.807) is 6.07 Å². The van der Waals surface area contributed by atoms with Crippen molar-refractivity contribution in [3.8, 4) is 0 Å². The number of carbonyl (C=O) groups is 2. The number of amides is 1. The zero-order chi connectivity index (χ0) is 14.0. The van der Waals surface area contributed by atoms with Crippen LogP contribution in [0.3, 0.4) is 0 Å². The van der Waals surface area contributed by atoms with Crippen LogP contribution >= 0.6 is 27.3 Å². The molecule has 1 fully saturated rings. The summed E-state index contributed by atoms with van der Waals surface area (Å²) >= 11 is 4.60. The summed E-state index contributed by atoms with van der Waals surface area (Å²) in [5.41, 5.74) is -1.10. The van der Waals surface area contributed by atoms with E-state index in [4.69, 9.17) is 0 Å². The van der Waals surface area contributed by atoms with Crippen LogP contribution in [0.25, 0.3) is 0 Å². The van der Waals surface area contributed by atoms with Gasteiger partial charge in [0.1, 0.15) is 5.54 Å². The lowest BCUT2D eigenvalue weighted by Crippen LogP contribution is -2.56. The lowest BCUT2D eigenvalue weighted by molar-refractivity contribution is -0.146. The molecule has 2 N–H and O–H groups in total. The van der Waals surface area contributed by atoms with Crippen LogP contribution in [-0.4, -0.2) is 22.5 Å². The van der Waals surface area contributed by atoms with Crippen LogP contribution in [0.4, 0.5) is 0 Å². The van der Waals surface area contributed by atoms with E-state index in [0.29, 0.717) is 23.6 Å². The highest BCUT2D eigenvalue weighted by Crippen LogP contribution is 2.33. The van der Waals surface area contributed by atoms with Gasteiger partial charge in [0.2, 0.25) is 0 Å². The molecule has 104 valence electrons. The number of carboxylic acids is 1. The molecule has 1 amide bonds. The molecule has 0 atom stereocenters. The summed E-state index contributed by atoms with van der Waals surface area (Å²) in [6.45, 7) is 2.12. The second-order valence-electron chi connectivity index (χ2n) is 5.15. The fourth-order valence-electron chi connectivity index (χ4n) is 2.36. The molecule has 19 heavy (non-hydrogen) atoms. The maximum absolute atomic E-state index is 12.1. The van der Waals surface area contributed by atoms with Gasteiger partial charge in [-0.2, -0.15) is 0 Å². The molecule has 0 saturated heterocycles. The maximum Gasteiger partial charge on any atom is 0.329 e. The van der Waals surface area contributed by atoms with Gasteiger partial charge < -0.3 is 10.4 Å². The maximum atomic E-state index is 12.1. The van der Waals surface area contributed by atoms with E-state index in [0.717, 1.165) is 17.3 Å². The van der Waals surface area contributed by atoms with E-state index in [-0.39, 0.29) is 5.91 Å². The standard InChI is InChI=1S/C13H16BrNO3S/c1-8-2-4-13(5-3-8,12(17)18)15-11(16)10-6-9(14)7-19-10/h6-8H,2-5H2,1H3,(H,15,16)(H,17,18). The first kappa shape index (κ1) is 14.5. The Bertz CT molecular complexity index is 492. The minimum Gasteiger partial charge on any atom is -0.480 e. The Balaban J connectivity index is 2.13. The van der Waals surface area contributed by atoms with Gasteiger partial charge in [-0.25, -0.2) is 4.79 Å². The van der Waals surface area contributed by atoms with E-state index >= 15 is 0 Å². The molecule has 0 unspecified atom stereocenters. The molecule has 1 saturated carbocycles. The average molecular weight is 346 g/mol. The van der Waals surface area contributed by atoms with Crippen molar-refractivity contribution in [1.29, 1.82) is 0 Å². The molecule has 1 aliphatic rings. The number of hydrogen-bond acceptors (Lipinski definition) is 3. The lowest BCUT2D eigenvalue weighted by Gasteiger charge is -2.36. The summed E-state index contributed by atoms with van der Waals surface area (Å²) in [6.07, 6.45) is 2.67. The Labute approximate surface area is 124 Å². The van der Waals surface area contributed by atoms with Crippen LogP contribution in [0.2, 0.25) is 0 Å². The van der Waals surface area contributed by atoms with Crippen LogP contribution < -0.4 is 5.32 Å². The number of carbonyl (C=O) groups excluding carboxylic acids is 1. The number of hydrogen-bond donors (Lipinski definition) is 2. The van der Waals surface area contributed by atoms with Crippen molar-refractivity contribution < 1.29 is 14.7 Å². The predicted molar refractivity (Wildman–Crippen MR) is 77.5 cm³/mol. The smallest absolute Gasteiger partial charge is 0.329 e. The summed E-state index contributed by atoms with van der Waals surface area (Å²) in [5, 5.41) is 14.0. The van der Waals surface area contributed by atoms with E-state index in [2.05, 4.69) is 28.2 Å². The number of nitrogens with one attached hydrogen (secondary N) is 1. The number of aliphatic carboxylic acids is 1. The SMILES string of the molecule is CC1CCC(NC(=O)c2cc(Br)cs2)(C(=O)O)CC1. The van der Waals surface area contributed by atoms with Crippen LogP contribution in [0.15, 0.2) is 15.9 Å². The molecule has 4 nitrogen and oxygen atoms in total. The van der Waals surface area contributed by atoms with Crippen LogP contribution in [0.5, 0.6) is 0 Å². The van der Waals surface area contributed by atoms with E-state index < -0.39 is 11.5 Å². The number of carboxylic acid groups (broad SMARTS) is 1. The summed E-state index contributed by atoms with van der Waals surface area (Å²) < 4.78 is 0.837. The normalized spacial score (nSPS) is 26.9. The minimum atomic E-state index is -1.10.